The fraction of sp³-hybridized carbons (Fsp3) is 0.474. The van der Waals surface area contributed by atoms with Crippen LogP contribution in [0.1, 0.15) is 27.7 Å². The molecule has 0 unspecified atom stereocenters. The van der Waals surface area contributed by atoms with Crippen LogP contribution in [0.2, 0.25) is 0 Å². The van der Waals surface area contributed by atoms with Gasteiger partial charge in [0.1, 0.15) is 19.0 Å². The molecule has 0 bridgehead atoms. The number of carbonyl (C=O) groups excluding carboxylic acids is 3. The average molecular weight is 412 g/mol. The van der Waals surface area contributed by atoms with Crippen LogP contribution in [0.4, 0.5) is 11.4 Å². The van der Waals surface area contributed by atoms with Crippen LogP contribution < -0.4 is 15.0 Å². The van der Waals surface area contributed by atoms with E-state index in [1.807, 2.05) is 4.90 Å². The summed E-state index contributed by atoms with van der Waals surface area (Å²) in [4.78, 5) is 44.1. The number of benzene rings is 1. The molecule has 1 aromatic carbocycles. The molecule has 162 valence electrons. The van der Waals surface area contributed by atoms with Gasteiger partial charge in [-0.1, -0.05) is 0 Å². The summed E-state index contributed by atoms with van der Waals surface area (Å²) >= 11 is 0. The van der Waals surface area contributed by atoms with Crippen molar-refractivity contribution in [2.75, 3.05) is 43.6 Å². The van der Waals surface area contributed by atoms with Crippen molar-refractivity contribution in [3.63, 3.8) is 0 Å². The predicted molar refractivity (Wildman–Crippen MR) is 106 cm³/mol. The molecule has 0 aliphatic heterocycles. The van der Waals surface area contributed by atoms with Gasteiger partial charge in [-0.15, -0.1) is 0 Å². The van der Waals surface area contributed by atoms with E-state index in [1.165, 1.54) is 27.9 Å². The summed E-state index contributed by atoms with van der Waals surface area (Å²) in [7, 11) is 1.53. The Morgan fingerprint density at radius 3 is 1.83 bits per heavy atom. The number of esters is 2. The highest BCUT2D eigenvalue weighted by molar-refractivity contribution is 5.89. The first-order valence-corrected chi connectivity index (χ1v) is 8.73. The van der Waals surface area contributed by atoms with Gasteiger partial charge in [-0.25, -0.2) is 0 Å². The van der Waals surface area contributed by atoms with Crippen LogP contribution in [0.3, 0.4) is 0 Å². The lowest BCUT2D eigenvalue weighted by molar-refractivity contribution is -0.141. The Labute approximate surface area is 169 Å². The summed E-state index contributed by atoms with van der Waals surface area (Å²) in [5, 5.41) is 10.1. The first-order chi connectivity index (χ1) is 13.6. The molecule has 10 nitrogen and oxygen atoms in total. The second-order valence-corrected chi connectivity index (χ2v) is 5.75. The molecule has 0 heterocycles. The molecule has 0 aromatic heterocycles. The van der Waals surface area contributed by atoms with Gasteiger partial charge in [-0.05, 0) is 18.2 Å². The highest BCUT2D eigenvalue weighted by atomic mass is 16.5. The third-order valence-electron chi connectivity index (χ3n) is 3.17. The normalized spacial score (nSPS) is 9.41. The van der Waals surface area contributed by atoms with E-state index in [1.54, 1.807) is 18.2 Å². The van der Waals surface area contributed by atoms with Crippen LogP contribution in [0.25, 0.3) is 0 Å². The van der Waals surface area contributed by atoms with Crippen LogP contribution in [0.15, 0.2) is 18.2 Å². The maximum atomic E-state index is 11.3. The number of rotatable bonds is 9. The summed E-state index contributed by atoms with van der Waals surface area (Å²) < 4.78 is 15.4. The molecular weight excluding hydrogens is 384 g/mol. The minimum Gasteiger partial charge on any atom is -0.495 e. The molecule has 2 N–H and O–H groups in total. The predicted octanol–water partition coefficient (Wildman–Crippen LogP) is 1.68. The summed E-state index contributed by atoms with van der Waals surface area (Å²) in [5.74, 6) is -1.19. The van der Waals surface area contributed by atoms with Gasteiger partial charge in [0.05, 0.1) is 25.9 Å². The highest BCUT2D eigenvalue weighted by Gasteiger charge is 2.15. The number of carbonyl (C=O) groups is 4. The van der Waals surface area contributed by atoms with Crippen LogP contribution in [0, 0.1) is 0 Å². The zero-order valence-electron chi connectivity index (χ0n) is 17.3. The zero-order chi connectivity index (χ0) is 22.4. The number of hydrogen-bond donors (Lipinski definition) is 2. The molecule has 0 saturated carbocycles. The molecule has 29 heavy (non-hydrogen) atoms. The standard InChI is InChI=1S/C17H24N2O6.C2H4O2/c1-12(20)18-15-5-6-17(23-4)16(11-15)19(7-9-24-13(2)21)8-10-25-14(3)22;1-2(3)4/h5-6,11H,7-10H2,1-4H3,(H,18,20);1H3,(H,3,4). The van der Waals surface area contributed by atoms with E-state index in [0.29, 0.717) is 30.2 Å². The molecule has 1 aromatic rings. The number of ether oxygens (including phenoxy) is 3. The molecule has 1 rings (SSSR count). The van der Waals surface area contributed by atoms with Gasteiger partial charge in [0.15, 0.2) is 0 Å². The van der Waals surface area contributed by atoms with Gasteiger partial charge in [0, 0.05) is 33.4 Å². The number of amides is 1. The van der Waals surface area contributed by atoms with E-state index in [9.17, 15) is 14.4 Å². The number of hydrogen-bond acceptors (Lipinski definition) is 8. The van der Waals surface area contributed by atoms with Crippen LogP contribution in [-0.2, 0) is 28.7 Å². The van der Waals surface area contributed by atoms with Gasteiger partial charge >= 0.3 is 11.9 Å². The van der Waals surface area contributed by atoms with Crippen molar-refractivity contribution >= 4 is 35.2 Å². The average Bonchev–Trinajstić information content (AvgIpc) is 2.59. The van der Waals surface area contributed by atoms with E-state index in [-0.39, 0.29) is 31.1 Å². The monoisotopic (exact) mass is 412 g/mol. The quantitative estimate of drug-likeness (QED) is 0.581. The third kappa shape index (κ3) is 12.7. The van der Waals surface area contributed by atoms with Crippen LogP contribution in [-0.4, -0.2) is 62.3 Å². The van der Waals surface area contributed by atoms with Crippen molar-refractivity contribution in [1.82, 2.24) is 0 Å². The second kappa shape index (κ2) is 13.8. The van der Waals surface area contributed by atoms with Gasteiger partial charge < -0.3 is 29.5 Å². The zero-order valence-corrected chi connectivity index (χ0v) is 17.3. The minimum absolute atomic E-state index is 0.170. The Bertz CT molecular complexity index is 681. The maximum absolute atomic E-state index is 11.3. The second-order valence-electron chi connectivity index (χ2n) is 5.75. The Hall–Kier alpha value is -3.30. The number of carboxylic acids is 1. The fourth-order valence-electron chi connectivity index (χ4n) is 2.17. The lowest BCUT2D eigenvalue weighted by Gasteiger charge is -2.26. The molecule has 0 spiro atoms. The van der Waals surface area contributed by atoms with E-state index in [0.717, 1.165) is 6.92 Å². The molecule has 10 heteroatoms. The Morgan fingerprint density at radius 1 is 0.966 bits per heavy atom. The number of nitrogens with one attached hydrogen (secondary N) is 1. The van der Waals surface area contributed by atoms with Crippen molar-refractivity contribution < 1.29 is 38.5 Å². The topological polar surface area (TPSA) is 131 Å². The van der Waals surface area contributed by atoms with E-state index in [4.69, 9.17) is 24.1 Å². The number of anilines is 2. The largest absolute Gasteiger partial charge is 0.495 e. The number of methoxy groups -OCH3 is 1. The lowest BCUT2D eigenvalue weighted by Crippen LogP contribution is -2.32. The first kappa shape index (κ1) is 25.7. The molecule has 0 atom stereocenters. The number of nitrogens with zero attached hydrogens (tertiary/aromatic N) is 1. The molecule has 0 aliphatic carbocycles. The van der Waals surface area contributed by atoms with Crippen molar-refractivity contribution in [3.05, 3.63) is 18.2 Å². The number of carboxylic acid groups (broad SMARTS) is 1. The third-order valence-corrected chi connectivity index (χ3v) is 3.17. The summed E-state index contributed by atoms with van der Waals surface area (Å²) in [6.45, 7) is 6.26. The summed E-state index contributed by atoms with van der Waals surface area (Å²) in [6.07, 6.45) is 0. The Morgan fingerprint density at radius 2 is 1.45 bits per heavy atom. The van der Waals surface area contributed by atoms with Gasteiger partial charge in [-0.2, -0.15) is 0 Å². The molecule has 0 radical (unpaired) electrons. The van der Waals surface area contributed by atoms with Crippen molar-refractivity contribution in [1.29, 1.82) is 0 Å². The highest BCUT2D eigenvalue weighted by Crippen LogP contribution is 2.31. The lowest BCUT2D eigenvalue weighted by atomic mass is 10.2. The first-order valence-electron chi connectivity index (χ1n) is 8.73. The summed E-state index contributed by atoms with van der Waals surface area (Å²) in [6, 6.07) is 5.20. The van der Waals surface area contributed by atoms with E-state index >= 15 is 0 Å². The van der Waals surface area contributed by atoms with Gasteiger partial charge in [-0.3, -0.25) is 19.2 Å². The van der Waals surface area contributed by atoms with E-state index < -0.39 is 5.97 Å². The smallest absolute Gasteiger partial charge is 0.302 e. The van der Waals surface area contributed by atoms with Crippen molar-refractivity contribution in [2.45, 2.75) is 27.7 Å². The molecule has 0 saturated heterocycles. The molecule has 0 aliphatic rings. The van der Waals surface area contributed by atoms with Crippen molar-refractivity contribution in [3.8, 4) is 5.75 Å². The Kier molecular flexibility index (Phi) is 12.2. The fourth-order valence-corrected chi connectivity index (χ4v) is 2.17. The van der Waals surface area contributed by atoms with Crippen LogP contribution in [0.5, 0.6) is 5.75 Å². The molecule has 1 amide bonds. The van der Waals surface area contributed by atoms with Gasteiger partial charge in [0.2, 0.25) is 5.91 Å². The van der Waals surface area contributed by atoms with E-state index in [2.05, 4.69) is 5.32 Å². The summed E-state index contributed by atoms with van der Waals surface area (Å²) in [5.41, 5.74) is 1.29. The number of aliphatic carboxylic acids is 1. The van der Waals surface area contributed by atoms with Gasteiger partial charge in [0.25, 0.3) is 5.97 Å². The maximum Gasteiger partial charge on any atom is 0.302 e. The SMILES string of the molecule is CC(=O)O.COc1ccc(NC(C)=O)cc1N(CCOC(C)=O)CCOC(C)=O. The van der Waals surface area contributed by atoms with Crippen LogP contribution >= 0.6 is 0 Å². The molecule has 0 fully saturated rings. The minimum atomic E-state index is -0.833. The molecular formula is C19H28N2O8. The van der Waals surface area contributed by atoms with Crippen molar-refractivity contribution in [2.24, 2.45) is 0 Å². The Balaban J connectivity index is 0.00000178.